The molecule has 0 unspecified atom stereocenters. The van der Waals surface area contributed by atoms with E-state index in [2.05, 4.69) is 10.6 Å². The first-order valence-electron chi connectivity index (χ1n) is 7.78. The number of amides is 3. The molecule has 1 aromatic rings. The van der Waals surface area contributed by atoms with Crippen LogP contribution in [0.15, 0.2) is 29.2 Å². The van der Waals surface area contributed by atoms with Gasteiger partial charge < -0.3 is 5.32 Å². The molecular formula is C15H21ClN4O4S. The summed E-state index contributed by atoms with van der Waals surface area (Å²) >= 11 is 6.00. The van der Waals surface area contributed by atoms with Crippen LogP contribution < -0.4 is 10.6 Å². The van der Waals surface area contributed by atoms with Crippen LogP contribution in [0.4, 0.5) is 4.79 Å². The minimum atomic E-state index is -3.67. The molecule has 2 rings (SSSR count). The number of halogens is 1. The molecule has 0 saturated carbocycles. The zero-order chi connectivity index (χ0) is 18.6. The lowest BCUT2D eigenvalue weighted by Crippen LogP contribution is -2.56. The summed E-state index contributed by atoms with van der Waals surface area (Å²) in [6, 6.07) is 5.20. The Hall–Kier alpha value is -1.68. The Morgan fingerprint density at radius 2 is 1.76 bits per heavy atom. The average molecular weight is 389 g/mol. The topological polar surface area (TPSA) is 98.8 Å². The summed E-state index contributed by atoms with van der Waals surface area (Å²) in [5.41, 5.74) is 0. The van der Waals surface area contributed by atoms with E-state index >= 15 is 0 Å². The number of hydrogen-bond donors (Lipinski definition) is 2. The van der Waals surface area contributed by atoms with Crippen LogP contribution in [0.3, 0.4) is 0 Å². The van der Waals surface area contributed by atoms with Crippen molar-refractivity contribution in [3.63, 3.8) is 0 Å². The highest BCUT2D eigenvalue weighted by molar-refractivity contribution is 7.89. The molecule has 10 heteroatoms. The fraction of sp³-hybridized carbons (Fsp3) is 0.467. The van der Waals surface area contributed by atoms with Crippen LogP contribution in [0.25, 0.3) is 0 Å². The second-order valence-corrected chi connectivity index (χ2v) is 7.93. The van der Waals surface area contributed by atoms with Crippen molar-refractivity contribution in [2.75, 3.05) is 33.2 Å². The smallest absolute Gasteiger partial charge is 0.321 e. The maximum absolute atomic E-state index is 12.7. The summed E-state index contributed by atoms with van der Waals surface area (Å²) < 4.78 is 26.7. The summed E-state index contributed by atoms with van der Waals surface area (Å²) in [6.07, 6.45) is 0. The number of hydrogen-bond acceptors (Lipinski definition) is 5. The molecule has 0 aromatic heterocycles. The molecule has 0 bridgehead atoms. The predicted molar refractivity (Wildman–Crippen MR) is 93.8 cm³/mol. The van der Waals surface area contributed by atoms with E-state index < -0.39 is 28.0 Å². The van der Waals surface area contributed by atoms with Crippen molar-refractivity contribution in [1.82, 2.24) is 19.8 Å². The van der Waals surface area contributed by atoms with Crippen LogP contribution in [0.5, 0.6) is 0 Å². The molecule has 0 spiro atoms. The number of sulfonamides is 1. The van der Waals surface area contributed by atoms with Gasteiger partial charge in [-0.25, -0.2) is 13.2 Å². The van der Waals surface area contributed by atoms with Gasteiger partial charge in [-0.15, -0.1) is 0 Å². The number of piperazine rings is 1. The van der Waals surface area contributed by atoms with E-state index in [0.717, 1.165) is 0 Å². The lowest BCUT2D eigenvalue weighted by molar-refractivity contribution is -0.125. The number of rotatable bonds is 4. The lowest BCUT2D eigenvalue weighted by atomic mass is 10.2. The predicted octanol–water partition coefficient (Wildman–Crippen LogP) is 0.490. The fourth-order valence-electron chi connectivity index (χ4n) is 2.57. The Morgan fingerprint density at radius 3 is 2.32 bits per heavy atom. The van der Waals surface area contributed by atoms with Crippen molar-refractivity contribution in [2.24, 2.45) is 0 Å². The normalized spacial score (nSPS) is 17.7. The van der Waals surface area contributed by atoms with Gasteiger partial charge in [0.2, 0.25) is 15.9 Å². The van der Waals surface area contributed by atoms with E-state index in [1.165, 1.54) is 23.5 Å². The molecule has 1 aromatic carbocycles. The summed E-state index contributed by atoms with van der Waals surface area (Å²) in [5.74, 6) is -0.429. The molecule has 1 heterocycles. The Kier molecular flexibility index (Phi) is 6.39. The average Bonchev–Trinajstić information content (AvgIpc) is 2.61. The van der Waals surface area contributed by atoms with Gasteiger partial charge in [0.25, 0.3) is 0 Å². The first kappa shape index (κ1) is 19.6. The number of urea groups is 1. The molecule has 8 nitrogen and oxygen atoms in total. The third kappa shape index (κ3) is 4.49. The highest BCUT2D eigenvalue weighted by Crippen LogP contribution is 2.25. The van der Waals surface area contributed by atoms with Crippen molar-refractivity contribution in [2.45, 2.75) is 17.9 Å². The number of imide groups is 1. The second-order valence-electron chi connectivity index (χ2n) is 5.61. The lowest BCUT2D eigenvalue weighted by Gasteiger charge is -2.36. The van der Waals surface area contributed by atoms with Crippen molar-refractivity contribution < 1.29 is 18.0 Å². The largest absolute Gasteiger partial charge is 0.341 e. The number of nitrogens with zero attached hydrogens (tertiary/aromatic N) is 2. The molecule has 25 heavy (non-hydrogen) atoms. The van der Waals surface area contributed by atoms with Gasteiger partial charge in [-0.2, -0.15) is 4.31 Å². The number of nitrogens with one attached hydrogen (secondary N) is 2. The Morgan fingerprint density at radius 1 is 1.16 bits per heavy atom. The Labute approximate surface area is 152 Å². The van der Waals surface area contributed by atoms with Gasteiger partial charge in [0.15, 0.2) is 0 Å². The third-order valence-electron chi connectivity index (χ3n) is 4.12. The molecular weight excluding hydrogens is 368 g/mol. The summed E-state index contributed by atoms with van der Waals surface area (Å²) in [7, 11) is -2.25. The molecule has 0 aliphatic carbocycles. The van der Waals surface area contributed by atoms with Gasteiger partial charge in [-0.3, -0.25) is 15.0 Å². The number of benzene rings is 1. The van der Waals surface area contributed by atoms with Crippen molar-refractivity contribution in [3.05, 3.63) is 29.3 Å². The maximum atomic E-state index is 12.7. The van der Waals surface area contributed by atoms with Crippen molar-refractivity contribution in [1.29, 1.82) is 0 Å². The van der Waals surface area contributed by atoms with E-state index in [1.54, 1.807) is 19.1 Å². The van der Waals surface area contributed by atoms with Crippen LogP contribution in [0.1, 0.15) is 6.92 Å². The highest BCUT2D eigenvalue weighted by atomic mass is 35.5. The molecule has 1 fully saturated rings. The maximum Gasteiger partial charge on any atom is 0.321 e. The Balaban J connectivity index is 2.01. The summed E-state index contributed by atoms with van der Waals surface area (Å²) in [5, 5.41) is 4.72. The number of carbonyl (C=O) groups is 2. The van der Waals surface area contributed by atoms with Crippen LogP contribution in [-0.2, 0) is 14.8 Å². The molecule has 1 saturated heterocycles. The quantitative estimate of drug-likeness (QED) is 0.782. The van der Waals surface area contributed by atoms with Gasteiger partial charge >= 0.3 is 6.03 Å². The third-order valence-corrected chi connectivity index (χ3v) is 6.52. The van der Waals surface area contributed by atoms with E-state index in [-0.39, 0.29) is 23.0 Å². The second kappa shape index (κ2) is 8.13. The molecule has 1 aliphatic heterocycles. The van der Waals surface area contributed by atoms with Crippen molar-refractivity contribution >= 4 is 33.6 Å². The summed E-state index contributed by atoms with van der Waals surface area (Å²) in [6.45, 7) is 2.92. The van der Waals surface area contributed by atoms with Gasteiger partial charge in [0, 0.05) is 33.2 Å². The van der Waals surface area contributed by atoms with Crippen LogP contribution in [0.2, 0.25) is 5.02 Å². The summed E-state index contributed by atoms with van der Waals surface area (Å²) in [4.78, 5) is 25.1. The van der Waals surface area contributed by atoms with Crippen molar-refractivity contribution in [3.8, 4) is 0 Å². The van der Waals surface area contributed by atoms with Gasteiger partial charge in [0.1, 0.15) is 4.90 Å². The fourth-order valence-corrected chi connectivity index (χ4v) is 4.48. The first-order valence-corrected chi connectivity index (χ1v) is 9.60. The van der Waals surface area contributed by atoms with E-state index in [9.17, 15) is 18.0 Å². The van der Waals surface area contributed by atoms with Crippen LogP contribution in [0, 0.1) is 0 Å². The standard InChI is InChI=1S/C15H21ClN4O4S/c1-11(14(21)18-15(22)17-2)19-7-9-20(10-8-19)25(23,24)13-6-4-3-5-12(13)16/h3-6,11H,7-10H2,1-2H3,(H2,17,18,21,22)/t11-/m0/s1. The van der Waals surface area contributed by atoms with Crippen LogP contribution in [-0.4, -0.2) is 68.8 Å². The van der Waals surface area contributed by atoms with E-state index in [1.807, 2.05) is 4.90 Å². The first-order chi connectivity index (χ1) is 11.8. The molecule has 3 amide bonds. The Bertz CT molecular complexity index is 748. The number of carbonyl (C=O) groups excluding carboxylic acids is 2. The monoisotopic (exact) mass is 388 g/mol. The van der Waals surface area contributed by atoms with E-state index in [4.69, 9.17) is 11.6 Å². The zero-order valence-corrected chi connectivity index (χ0v) is 15.6. The molecule has 1 aliphatic rings. The van der Waals surface area contributed by atoms with Gasteiger partial charge in [-0.05, 0) is 19.1 Å². The molecule has 138 valence electrons. The zero-order valence-electron chi connectivity index (χ0n) is 14.0. The van der Waals surface area contributed by atoms with Crippen LogP contribution >= 0.6 is 11.6 Å². The van der Waals surface area contributed by atoms with Gasteiger partial charge in [-0.1, -0.05) is 23.7 Å². The SMILES string of the molecule is CNC(=O)NC(=O)[C@H](C)N1CCN(S(=O)(=O)c2ccccc2Cl)CC1. The minimum Gasteiger partial charge on any atom is -0.341 e. The molecule has 2 N–H and O–H groups in total. The highest BCUT2D eigenvalue weighted by Gasteiger charge is 2.32. The molecule has 0 radical (unpaired) electrons. The minimum absolute atomic E-state index is 0.0792. The van der Waals surface area contributed by atoms with E-state index in [0.29, 0.717) is 13.1 Å². The molecule has 1 atom stereocenters. The van der Waals surface area contributed by atoms with Gasteiger partial charge in [0.05, 0.1) is 11.1 Å².